The van der Waals surface area contributed by atoms with E-state index in [0.717, 1.165) is 25.4 Å². The quantitative estimate of drug-likeness (QED) is 0.834. The number of carbonyl (C=O) groups is 1. The standard InChI is InChI=1S/C13H21N3O3/c1-4-18-13(17)11-12(14)16(9(3)15-11)7-10-5-6-19-8(10)2/h8,10H,4-7,14H2,1-3H3. The van der Waals surface area contributed by atoms with Crippen molar-refractivity contribution in [1.82, 2.24) is 9.55 Å². The molecule has 2 unspecified atom stereocenters. The zero-order chi connectivity index (χ0) is 14.0. The molecular weight excluding hydrogens is 246 g/mol. The first kappa shape index (κ1) is 13.9. The van der Waals surface area contributed by atoms with Gasteiger partial charge in [-0.1, -0.05) is 0 Å². The Hall–Kier alpha value is -1.56. The molecule has 6 nitrogen and oxygen atoms in total. The molecule has 1 aromatic rings. The molecule has 0 radical (unpaired) electrons. The molecule has 106 valence electrons. The van der Waals surface area contributed by atoms with Crippen molar-refractivity contribution in [1.29, 1.82) is 0 Å². The largest absolute Gasteiger partial charge is 0.461 e. The van der Waals surface area contributed by atoms with Gasteiger partial charge in [0.25, 0.3) is 0 Å². The second-order valence-corrected chi connectivity index (χ2v) is 4.85. The number of aryl methyl sites for hydroxylation is 1. The van der Waals surface area contributed by atoms with Gasteiger partial charge in [0.15, 0.2) is 5.69 Å². The van der Waals surface area contributed by atoms with Gasteiger partial charge >= 0.3 is 5.97 Å². The smallest absolute Gasteiger partial charge is 0.360 e. The Morgan fingerprint density at radius 2 is 2.37 bits per heavy atom. The Morgan fingerprint density at radius 1 is 1.63 bits per heavy atom. The minimum absolute atomic E-state index is 0.214. The summed E-state index contributed by atoms with van der Waals surface area (Å²) in [6, 6.07) is 0. The van der Waals surface area contributed by atoms with E-state index >= 15 is 0 Å². The third-order valence-electron chi connectivity index (χ3n) is 3.62. The number of rotatable bonds is 4. The number of hydrogen-bond donors (Lipinski definition) is 1. The zero-order valence-electron chi connectivity index (χ0n) is 11.7. The van der Waals surface area contributed by atoms with Crippen LogP contribution in [-0.4, -0.2) is 34.8 Å². The van der Waals surface area contributed by atoms with Gasteiger partial charge in [0, 0.05) is 19.1 Å². The summed E-state index contributed by atoms with van der Waals surface area (Å²) >= 11 is 0. The Kier molecular flexibility index (Phi) is 4.09. The fraction of sp³-hybridized carbons (Fsp3) is 0.692. The molecule has 0 saturated carbocycles. The van der Waals surface area contributed by atoms with Gasteiger partial charge in [-0.2, -0.15) is 0 Å². The summed E-state index contributed by atoms with van der Waals surface area (Å²) in [6.45, 7) is 7.49. The predicted molar refractivity (Wildman–Crippen MR) is 70.9 cm³/mol. The Bertz CT molecular complexity index is 470. The summed E-state index contributed by atoms with van der Waals surface area (Å²) < 4.78 is 12.4. The number of nitrogens with two attached hydrogens (primary N) is 1. The second-order valence-electron chi connectivity index (χ2n) is 4.85. The van der Waals surface area contributed by atoms with Crippen LogP contribution in [0.1, 0.15) is 36.6 Å². The van der Waals surface area contributed by atoms with E-state index < -0.39 is 5.97 Å². The van der Waals surface area contributed by atoms with Crippen molar-refractivity contribution < 1.29 is 14.3 Å². The van der Waals surface area contributed by atoms with Crippen LogP contribution in [0, 0.1) is 12.8 Å². The van der Waals surface area contributed by atoms with E-state index in [1.165, 1.54) is 0 Å². The lowest BCUT2D eigenvalue weighted by atomic mass is 10.0. The minimum atomic E-state index is -0.461. The van der Waals surface area contributed by atoms with Gasteiger partial charge in [-0.05, 0) is 27.2 Å². The maximum atomic E-state index is 11.7. The van der Waals surface area contributed by atoms with Crippen molar-refractivity contribution in [2.45, 2.75) is 39.8 Å². The van der Waals surface area contributed by atoms with E-state index in [9.17, 15) is 4.79 Å². The Morgan fingerprint density at radius 3 is 2.95 bits per heavy atom. The highest BCUT2D eigenvalue weighted by Crippen LogP contribution is 2.25. The van der Waals surface area contributed by atoms with E-state index in [2.05, 4.69) is 11.9 Å². The molecule has 2 N–H and O–H groups in total. The van der Waals surface area contributed by atoms with Crippen LogP contribution in [0.3, 0.4) is 0 Å². The number of aromatic nitrogens is 2. The third-order valence-corrected chi connectivity index (χ3v) is 3.62. The number of esters is 1. The molecule has 1 aliphatic rings. The summed E-state index contributed by atoms with van der Waals surface area (Å²) in [5.74, 6) is 1.07. The van der Waals surface area contributed by atoms with Crippen molar-refractivity contribution in [2.75, 3.05) is 18.9 Å². The lowest BCUT2D eigenvalue weighted by Gasteiger charge is -2.16. The highest BCUT2D eigenvalue weighted by atomic mass is 16.5. The lowest BCUT2D eigenvalue weighted by Crippen LogP contribution is -2.20. The van der Waals surface area contributed by atoms with E-state index in [1.54, 1.807) is 6.92 Å². The van der Waals surface area contributed by atoms with Gasteiger partial charge in [-0.25, -0.2) is 9.78 Å². The highest BCUT2D eigenvalue weighted by Gasteiger charge is 2.27. The highest BCUT2D eigenvalue weighted by molar-refractivity contribution is 5.92. The van der Waals surface area contributed by atoms with Gasteiger partial charge < -0.3 is 19.8 Å². The number of nitrogens with zero attached hydrogens (tertiary/aromatic N) is 2. The van der Waals surface area contributed by atoms with Crippen LogP contribution in [0.2, 0.25) is 0 Å². The van der Waals surface area contributed by atoms with Crippen molar-refractivity contribution in [3.05, 3.63) is 11.5 Å². The minimum Gasteiger partial charge on any atom is -0.461 e. The van der Waals surface area contributed by atoms with Crippen molar-refractivity contribution in [3.8, 4) is 0 Å². The van der Waals surface area contributed by atoms with Crippen LogP contribution in [0.25, 0.3) is 0 Å². The number of hydrogen-bond acceptors (Lipinski definition) is 5. The Labute approximate surface area is 112 Å². The monoisotopic (exact) mass is 267 g/mol. The van der Waals surface area contributed by atoms with Gasteiger partial charge in [-0.15, -0.1) is 0 Å². The molecule has 1 fully saturated rings. The molecule has 2 atom stereocenters. The number of ether oxygens (including phenoxy) is 2. The van der Waals surface area contributed by atoms with E-state index in [-0.39, 0.29) is 11.8 Å². The van der Waals surface area contributed by atoms with E-state index in [4.69, 9.17) is 15.2 Å². The first-order chi connectivity index (χ1) is 9.04. The summed E-state index contributed by atoms with van der Waals surface area (Å²) in [5, 5.41) is 0. The SMILES string of the molecule is CCOC(=O)c1nc(C)n(CC2CCOC2C)c1N. The molecule has 2 heterocycles. The van der Waals surface area contributed by atoms with Gasteiger partial charge in [-0.3, -0.25) is 0 Å². The normalized spacial score (nSPS) is 22.7. The first-order valence-corrected chi connectivity index (χ1v) is 6.65. The predicted octanol–water partition coefficient (Wildman–Crippen LogP) is 1.38. The van der Waals surface area contributed by atoms with Gasteiger partial charge in [0.05, 0.1) is 12.7 Å². The number of carbonyl (C=O) groups excluding carboxylic acids is 1. The number of anilines is 1. The summed E-state index contributed by atoms with van der Waals surface area (Å²) in [4.78, 5) is 15.9. The average molecular weight is 267 g/mol. The van der Waals surface area contributed by atoms with E-state index in [0.29, 0.717) is 18.3 Å². The molecular formula is C13H21N3O3. The topological polar surface area (TPSA) is 79.4 Å². The fourth-order valence-corrected chi connectivity index (χ4v) is 2.41. The maximum absolute atomic E-state index is 11.7. The van der Waals surface area contributed by atoms with Gasteiger partial charge in [0.2, 0.25) is 0 Å². The molecule has 0 aromatic carbocycles. The van der Waals surface area contributed by atoms with Crippen LogP contribution in [0.5, 0.6) is 0 Å². The molecule has 0 aliphatic carbocycles. The summed E-state index contributed by atoms with van der Waals surface area (Å²) in [6.07, 6.45) is 1.22. The van der Waals surface area contributed by atoms with Crippen molar-refractivity contribution in [2.24, 2.45) is 5.92 Å². The molecule has 1 aromatic heterocycles. The Balaban J connectivity index is 2.19. The molecule has 2 rings (SSSR count). The number of nitrogen functional groups attached to an aromatic ring is 1. The van der Waals surface area contributed by atoms with Crippen LogP contribution >= 0.6 is 0 Å². The van der Waals surface area contributed by atoms with Crippen molar-refractivity contribution >= 4 is 11.8 Å². The maximum Gasteiger partial charge on any atom is 0.360 e. The molecule has 0 bridgehead atoms. The van der Waals surface area contributed by atoms with Gasteiger partial charge in [0.1, 0.15) is 11.6 Å². The number of imidazole rings is 1. The molecule has 6 heteroatoms. The lowest BCUT2D eigenvalue weighted by molar-refractivity contribution is 0.0521. The average Bonchev–Trinajstić information content (AvgIpc) is 2.88. The molecule has 0 amide bonds. The van der Waals surface area contributed by atoms with Crippen LogP contribution in [0.4, 0.5) is 5.82 Å². The van der Waals surface area contributed by atoms with E-state index in [1.807, 2.05) is 11.5 Å². The second kappa shape index (κ2) is 5.61. The van der Waals surface area contributed by atoms with Crippen LogP contribution in [-0.2, 0) is 16.0 Å². The molecule has 1 aliphatic heterocycles. The van der Waals surface area contributed by atoms with Crippen LogP contribution < -0.4 is 5.73 Å². The van der Waals surface area contributed by atoms with Crippen LogP contribution in [0.15, 0.2) is 0 Å². The van der Waals surface area contributed by atoms with Crippen molar-refractivity contribution in [3.63, 3.8) is 0 Å². The zero-order valence-corrected chi connectivity index (χ0v) is 11.7. The molecule has 0 spiro atoms. The fourth-order valence-electron chi connectivity index (χ4n) is 2.41. The molecule has 19 heavy (non-hydrogen) atoms. The molecule has 1 saturated heterocycles. The summed E-state index contributed by atoms with van der Waals surface area (Å²) in [7, 11) is 0. The summed E-state index contributed by atoms with van der Waals surface area (Å²) in [5.41, 5.74) is 6.23. The first-order valence-electron chi connectivity index (χ1n) is 6.65. The third kappa shape index (κ3) is 2.73.